The Hall–Kier alpha value is -0.820. The second-order valence-corrected chi connectivity index (χ2v) is 5.19. The zero-order valence-corrected chi connectivity index (χ0v) is 9.82. The van der Waals surface area contributed by atoms with Crippen molar-refractivity contribution in [3.8, 4) is 0 Å². The first-order valence-corrected chi connectivity index (χ1v) is 6.04. The number of rotatable bonds is 2. The monoisotopic (exact) mass is 204 g/mol. The molecule has 0 aliphatic heterocycles. The van der Waals surface area contributed by atoms with Crippen molar-refractivity contribution >= 4 is 21.4 Å². The van der Waals surface area contributed by atoms with Gasteiger partial charge in [0, 0.05) is 9.58 Å². The molecule has 0 spiro atoms. The molecule has 1 heteroatoms. The van der Waals surface area contributed by atoms with E-state index in [4.69, 9.17) is 0 Å². The lowest BCUT2D eigenvalue weighted by Crippen LogP contribution is -1.84. The van der Waals surface area contributed by atoms with Crippen LogP contribution in [0.1, 0.15) is 37.1 Å². The molecule has 0 nitrogen and oxygen atoms in total. The van der Waals surface area contributed by atoms with Crippen molar-refractivity contribution in [2.24, 2.45) is 0 Å². The Balaban J connectivity index is 2.54. The molecule has 0 unspecified atom stereocenters. The van der Waals surface area contributed by atoms with Crippen LogP contribution in [0.2, 0.25) is 0 Å². The molecule has 0 saturated heterocycles. The van der Waals surface area contributed by atoms with Crippen molar-refractivity contribution < 1.29 is 0 Å². The van der Waals surface area contributed by atoms with Gasteiger partial charge in [-0.3, -0.25) is 0 Å². The second kappa shape index (κ2) is 3.74. The minimum atomic E-state index is 0.631. The molecule has 0 radical (unpaired) electrons. The van der Waals surface area contributed by atoms with Crippen LogP contribution in [0.25, 0.3) is 10.1 Å². The summed E-state index contributed by atoms with van der Waals surface area (Å²) in [6.07, 6.45) is 1.15. The molecule has 0 N–H and O–H groups in total. The van der Waals surface area contributed by atoms with Gasteiger partial charge >= 0.3 is 0 Å². The maximum atomic E-state index is 2.34. The SMILES string of the molecule is CCc1cc2ccc(C(C)C)cc2s1. The van der Waals surface area contributed by atoms with Crippen LogP contribution in [0.5, 0.6) is 0 Å². The van der Waals surface area contributed by atoms with Crippen LogP contribution in [0.15, 0.2) is 24.3 Å². The molecular weight excluding hydrogens is 188 g/mol. The maximum Gasteiger partial charge on any atom is 0.0348 e. The predicted molar refractivity (Wildman–Crippen MR) is 65.3 cm³/mol. The van der Waals surface area contributed by atoms with E-state index in [1.165, 1.54) is 20.5 Å². The minimum absolute atomic E-state index is 0.631. The molecule has 0 aliphatic carbocycles. The van der Waals surface area contributed by atoms with Crippen LogP contribution in [0, 0.1) is 0 Å². The molecule has 2 rings (SSSR count). The molecule has 0 fully saturated rings. The largest absolute Gasteiger partial charge is 0.140 e. The van der Waals surface area contributed by atoms with E-state index < -0.39 is 0 Å². The van der Waals surface area contributed by atoms with E-state index in [1.54, 1.807) is 0 Å². The first-order valence-electron chi connectivity index (χ1n) is 5.23. The van der Waals surface area contributed by atoms with Gasteiger partial charge < -0.3 is 0 Å². The maximum absolute atomic E-state index is 2.34. The number of hydrogen-bond donors (Lipinski definition) is 0. The molecule has 0 aliphatic rings. The zero-order chi connectivity index (χ0) is 10.1. The molecule has 1 heterocycles. The quantitative estimate of drug-likeness (QED) is 0.671. The van der Waals surface area contributed by atoms with Crippen molar-refractivity contribution in [2.75, 3.05) is 0 Å². The van der Waals surface area contributed by atoms with Crippen molar-refractivity contribution in [3.05, 3.63) is 34.7 Å². The molecule has 14 heavy (non-hydrogen) atoms. The summed E-state index contributed by atoms with van der Waals surface area (Å²) in [4.78, 5) is 1.49. The van der Waals surface area contributed by atoms with Crippen molar-refractivity contribution in [1.82, 2.24) is 0 Å². The van der Waals surface area contributed by atoms with Gasteiger partial charge in [0.1, 0.15) is 0 Å². The van der Waals surface area contributed by atoms with E-state index >= 15 is 0 Å². The van der Waals surface area contributed by atoms with Crippen LogP contribution in [-0.2, 0) is 6.42 Å². The standard InChI is InChI=1S/C13H16S/c1-4-12-7-11-6-5-10(9(2)3)8-13(11)14-12/h5-9H,4H2,1-3H3. The Labute approximate surface area is 89.6 Å². The molecule has 2 aromatic rings. The fraction of sp³-hybridized carbons (Fsp3) is 0.385. The highest BCUT2D eigenvalue weighted by atomic mass is 32.1. The van der Waals surface area contributed by atoms with E-state index in [0.29, 0.717) is 5.92 Å². The summed E-state index contributed by atoms with van der Waals surface area (Å²) in [5, 5.41) is 1.40. The van der Waals surface area contributed by atoms with Gasteiger partial charge in [-0.15, -0.1) is 11.3 Å². The summed E-state index contributed by atoms with van der Waals surface area (Å²) in [5.74, 6) is 0.631. The average molecular weight is 204 g/mol. The number of fused-ring (bicyclic) bond motifs is 1. The lowest BCUT2D eigenvalue weighted by atomic mass is 10.0. The number of aryl methyl sites for hydroxylation is 1. The summed E-state index contributed by atoms with van der Waals surface area (Å²) >= 11 is 1.93. The fourth-order valence-corrected chi connectivity index (χ4v) is 2.69. The normalized spacial score (nSPS) is 11.4. The fourth-order valence-electron chi connectivity index (χ4n) is 1.64. The third-order valence-corrected chi connectivity index (χ3v) is 3.85. The highest BCUT2D eigenvalue weighted by molar-refractivity contribution is 7.19. The van der Waals surface area contributed by atoms with Gasteiger partial charge in [0.15, 0.2) is 0 Å². The molecule has 0 amide bonds. The summed E-state index contributed by atoms with van der Waals surface area (Å²) in [6.45, 7) is 6.71. The molecule has 0 bridgehead atoms. The highest BCUT2D eigenvalue weighted by Gasteiger charge is 2.03. The minimum Gasteiger partial charge on any atom is -0.140 e. The lowest BCUT2D eigenvalue weighted by molar-refractivity contribution is 0.869. The van der Waals surface area contributed by atoms with Gasteiger partial charge in [-0.05, 0) is 35.4 Å². The van der Waals surface area contributed by atoms with Crippen molar-refractivity contribution in [2.45, 2.75) is 33.1 Å². The smallest absolute Gasteiger partial charge is 0.0348 e. The average Bonchev–Trinajstić information content (AvgIpc) is 2.58. The molecule has 74 valence electrons. The topological polar surface area (TPSA) is 0 Å². The summed E-state index contributed by atoms with van der Waals surface area (Å²) in [6, 6.07) is 9.15. The zero-order valence-electron chi connectivity index (χ0n) is 9.00. The Morgan fingerprint density at radius 1 is 1.21 bits per heavy atom. The first kappa shape index (κ1) is 9.72. The van der Waals surface area contributed by atoms with Gasteiger partial charge in [-0.1, -0.05) is 32.9 Å². The molecule has 1 aromatic heterocycles. The second-order valence-electron chi connectivity index (χ2n) is 4.02. The van der Waals surface area contributed by atoms with Gasteiger partial charge in [0.25, 0.3) is 0 Å². The number of benzene rings is 1. The third-order valence-electron chi connectivity index (χ3n) is 2.61. The Kier molecular flexibility index (Phi) is 2.60. The van der Waals surface area contributed by atoms with E-state index in [-0.39, 0.29) is 0 Å². The number of hydrogen-bond acceptors (Lipinski definition) is 1. The van der Waals surface area contributed by atoms with E-state index in [2.05, 4.69) is 45.0 Å². The molecule has 0 saturated carbocycles. The predicted octanol–water partition coefficient (Wildman–Crippen LogP) is 4.59. The molecule has 1 aromatic carbocycles. The Morgan fingerprint density at radius 2 is 2.00 bits per heavy atom. The highest BCUT2D eigenvalue weighted by Crippen LogP contribution is 2.28. The summed E-state index contributed by atoms with van der Waals surface area (Å²) < 4.78 is 1.44. The van der Waals surface area contributed by atoms with Crippen LogP contribution >= 0.6 is 11.3 Å². The van der Waals surface area contributed by atoms with Crippen LogP contribution in [0.4, 0.5) is 0 Å². The van der Waals surface area contributed by atoms with Gasteiger partial charge in [0.05, 0.1) is 0 Å². The van der Waals surface area contributed by atoms with Gasteiger partial charge in [-0.25, -0.2) is 0 Å². The van der Waals surface area contributed by atoms with Crippen molar-refractivity contribution in [3.63, 3.8) is 0 Å². The van der Waals surface area contributed by atoms with E-state index in [1.807, 2.05) is 11.3 Å². The van der Waals surface area contributed by atoms with Gasteiger partial charge in [-0.2, -0.15) is 0 Å². The van der Waals surface area contributed by atoms with Crippen molar-refractivity contribution in [1.29, 1.82) is 0 Å². The Morgan fingerprint density at radius 3 is 2.64 bits per heavy atom. The van der Waals surface area contributed by atoms with Crippen LogP contribution in [-0.4, -0.2) is 0 Å². The Bertz CT molecular complexity index is 437. The van der Waals surface area contributed by atoms with Crippen LogP contribution in [0.3, 0.4) is 0 Å². The first-order chi connectivity index (χ1) is 6.70. The van der Waals surface area contributed by atoms with E-state index in [9.17, 15) is 0 Å². The lowest BCUT2D eigenvalue weighted by Gasteiger charge is -2.03. The summed E-state index contributed by atoms with van der Waals surface area (Å²) in [5.41, 5.74) is 1.45. The third kappa shape index (κ3) is 1.69. The molecule has 0 atom stereocenters. The number of thiophene rings is 1. The van der Waals surface area contributed by atoms with Crippen LogP contribution < -0.4 is 0 Å². The summed E-state index contributed by atoms with van der Waals surface area (Å²) in [7, 11) is 0. The van der Waals surface area contributed by atoms with Gasteiger partial charge in [0.2, 0.25) is 0 Å². The van der Waals surface area contributed by atoms with E-state index in [0.717, 1.165) is 6.42 Å². The molecular formula is C13H16S.